The van der Waals surface area contributed by atoms with Gasteiger partial charge in [-0.15, -0.1) is 0 Å². The Hall–Kier alpha value is -1.75. The summed E-state index contributed by atoms with van der Waals surface area (Å²) in [6.45, 7) is 6.49. The molecule has 0 N–H and O–H groups in total. The molecule has 1 aromatic rings. The van der Waals surface area contributed by atoms with E-state index in [9.17, 15) is 0 Å². The lowest BCUT2D eigenvalue weighted by molar-refractivity contribution is 0.598. The number of nitrogens with zero attached hydrogens (tertiary/aromatic N) is 2. The fourth-order valence-electron chi connectivity index (χ4n) is 2.23. The second kappa shape index (κ2) is 3.38. The van der Waals surface area contributed by atoms with Crippen molar-refractivity contribution in [3.05, 3.63) is 35.4 Å². The Morgan fingerprint density at radius 2 is 2.00 bits per heavy atom. The Balaban J connectivity index is 2.64. The first-order valence-corrected chi connectivity index (χ1v) is 5.43. The van der Waals surface area contributed by atoms with Crippen LogP contribution in [-0.4, -0.2) is 12.6 Å². The molecule has 2 rings (SSSR count). The zero-order chi connectivity index (χ0) is 11.9. The highest BCUT2D eigenvalue weighted by atomic mass is 15.2. The summed E-state index contributed by atoms with van der Waals surface area (Å²) in [5.41, 5.74) is 4.37. The molecule has 0 radical (unpaired) electrons. The lowest BCUT2D eigenvalue weighted by atomic mass is 9.89. The number of fused-ring (bicyclic) bond motifs is 1. The lowest BCUT2D eigenvalue weighted by Gasteiger charge is -2.40. The number of hydrogen-bond donors (Lipinski definition) is 0. The van der Waals surface area contributed by atoms with Crippen molar-refractivity contribution in [1.29, 1.82) is 5.26 Å². The van der Waals surface area contributed by atoms with Crippen LogP contribution in [0.4, 0.5) is 5.69 Å². The van der Waals surface area contributed by atoms with E-state index in [1.807, 2.05) is 18.2 Å². The smallest absolute Gasteiger partial charge is 0.0991 e. The SMILES string of the molecule is CC1=CC(C)(C)N(C)c2ccc(C#N)cc21. The minimum atomic E-state index is 0.0330. The molecule has 1 aliphatic heterocycles. The van der Waals surface area contributed by atoms with Gasteiger partial charge < -0.3 is 4.90 Å². The Labute approximate surface area is 96.8 Å². The minimum absolute atomic E-state index is 0.0330. The molecular formula is C14H16N2. The normalized spacial score (nSPS) is 17.4. The molecule has 16 heavy (non-hydrogen) atoms. The van der Waals surface area contributed by atoms with Crippen LogP contribution in [0.1, 0.15) is 31.9 Å². The standard InChI is InChI=1S/C14H16N2/c1-10-8-14(2,3)16(4)13-6-5-11(9-15)7-12(10)13/h5-8H,1-4H3. The molecule has 0 aromatic heterocycles. The molecule has 2 heteroatoms. The zero-order valence-electron chi connectivity index (χ0n) is 10.2. The first kappa shape index (κ1) is 10.8. The van der Waals surface area contributed by atoms with Gasteiger partial charge in [0.05, 0.1) is 17.2 Å². The van der Waals surface area contributed by atoms with Gasteiger partial charge in [0.2, 0.25) is 0 Å². The highest BCUT2D eigenvalue weighted by Crippen LogP contribution is 2.37. The first-order valence-electron chi connectivity index (χ1n) is 5.43. The summed E-state index contributed by atoms with van der Waals surface area (Å²) in [6, 6.07) is 8.07. The molecule has 0 amide bonds. The summed E-state index contributed by atoms with van der Waals surface area (Å²) >= 11 is 0. The van der Waals surface area contributed by atoms with Gasteiger partial charge in [0, 0.05) is 18.3 Å². The number of likely N-dealkylation sites (N-methyl/N-ethyl adjacent to an activating group) is 1. The molecule has 0 atom stereocenters. The molecule has 82 valence electrons. The van der Waals surface area contributed by atoms with Crippen molar-refractivity contribution in [1.82, 2.24) is 0 Å². The van der Waals surface area contributed by atoms with E-state index in [0.29, 0.717) is 0 Å². The molecule has 0 saturated carbocycles. The Morgan fingerprint density at radius 3 is 2.62 bits per heavy atom. The average molecular weight is 212 g/mol. The van der Waals surface area contributed by atoms with Gasteiger partial charge >= 0.3 is 0 Å². The van der Waals surface area contributed by atoms with Crippen LogP contribution in [0.25, 0.3) is 5.57 Å². The van der Waals surface area contributed by atoms with Crippen molar-refractivity contribution in [3.63, 3.8) is 0 Å². The van der Waals surface area contributed by atoms with Gasteiger partial charge in [-0.2, -0.15) is 5.26 Å². The van der Waals surface area contributed by atoms with Crippen LogP contribution in [0, 0.1) is 11.3 Å². The number of anilines is 1. The van der Waals surface area contributed by atoms with E-state index in [0.717, 1.165) is 5.56 Å². The van der Waals surface area contributed by atoms with Crippen molar-refractivity contribution in [2.24, 2.45) is 0 Å². The Bertz CT molecular complexity index is 504. The van der Waals surface area contributed by atoms with Gasteiger partial charge in [0.15, 0.2) is 0 Å². The summed E-state index contributed by atoms with van der Waals surface area (Å²) < 4.78 is 0. The molecule has 2 nitrogen and oxygen atoms in total. The monoisotopic (exact) mass is 212 g/mol. The molecule has 0 saturated heterocycles. The number of hydrogen-bond acceptors (Lipinski definition) is 2. The van der Waals surface area contributed by atoms with E-state index in [1.165, 1.54) is 16.8 Å². The van der Waals surface area contributed by atoms with E-state index >= 15 is 0 Å². The van der Waals surface area contributed by atoms with E-state index in [4.69, 9.17) is 5.26 Å². The molecule has 0 spiro atoms. The lowest BCUT2D eigenvalue weighted by Crippen LogP contribution is -2.42. The summed E-state index contributed by atoms with van der Waals surface area (Å²) in [6.07, 6.45) is 2.25. The van der Waals surface area contributed by atoms with Crippen molar-refractivity contribution in [2.45, 2.75) is 26.3 Å². The van der Waals surface area contributed by atoms with E-state index < -0.39 is 0 Å². The molecule has 0 aliphatic carbocycles. The summed E-state index contributed by atoms with van der Waals surface area (Å²) in [7, 11) is 2.09. The van der Waals surface area contributed by atoms with Crippen LogP contribution in [0.2, 0.25) is 0 Å². The predicted octanol–water partition coefficient (Wildman–Crippen LogP) is 3.19. The molecular weight excluding hydrogens is 196 g/mol. The second-order valence-corrected chi connectivity index (χ2v) is 4.88. The van der Waals surface area contributed by atoms with Crippen LogP contribution in [0.15, 0.2) is 24.3 Å². The molecule has 0 unspecified atom stereocenters. The number of rotatable bonds is 0. The maximum atomic E-state index is 8.91. The van der Waals surface area contributed by atoms with Crippen LogP contribution in [0.5, 0.6) is 0 Å². The summed E-state index contributed by atoms with van der Waals surface area (Å²) in [4.78, 5) is 2.25. The van der Waals surface area contributed by atoms with Crippen LogP contribution in [0.3, 0.4) is 0 Å². The van der Waals surface area contributed by atoms with Crippen molar-refractivity contribution in [2.75, 3.05) is 11.9 Å². The first-order chi connectivity index (χ1) is 7.45. The fraction of sp³-hybridized carbons (Fsp3) is 0.357. The van der Waals surface area contributed by atoms with Gasteiger partial charge in [0.25, 0.3) is 0 Å². The highest BCUT2D eigenvalue weighted by molar-refractivity contribution is 5.81. The maximum Gasteiger partial charge on any atom is 0.0991 e. The van der Waals surface area contributed by atoms with Gasteiger partial charge in [0.1, 0.15) is 0 Å². The van der Waals surface area contributed by atoms with Crippen molar-refractivity contribution < 1.29 is 0 Å². The number of benzene rings is 1. The van der Waals surface area contributed by atoms with Crippen LogP contribution >= 0.6 is 0 Å². The molecule has 1 heterocycles. The molecule has 1 aliphatic rings. The topological polar surface area (TPSA) is 27.0 Å². The average Bonchev–Trinajstić information content (AvgIpc) is 2.25. The van der Waals surface area contributed by atoms with Gasteiger partial charge in [-0.3, -0.25) is 0 Å². The molecule has 0 bridgehead atoms. The fourth-order valence-corrected chi connectivity index (χ4v) is 2.23. The summed E-state index contributed by atoms with van der Waals surface area (Å²) in [5, 5.41) is 8.91. The number of allylic oxidation sites excluding steroid dienone is 1. The quantitative estimate of drug-likeness (QED) is 0.660. The third kappa shape index (κ3) is 1.49. The maximum absolute atomic E-state index is 8.91. The Kier molecular flexibility index (Phi) is 2.27. The zero-order valence-corrected chi connectivity index (χ0v) is 10.2. The van der Waals surface area contributed by atoms with E-state index in [1.54, 1.807) is 0 Å². The largest absolute Gasteiger partial charge is 0.366 e. The van der Waals surface area contributed by atoms with Gasteiger partial charge in [-0.25, -0.2) is 0 Å². The second-order valence-electron chi connectivity index (χ2n) is 4.88. The molecule has 1 aromatic carbocycles. The van der Waals surface area contributed by atoms with Crippen LogP contribution in [-0.2, 0) is 0 Å². The van der Waals surface area contributed by atoms with Crippen molar-refractivity contribution in [3.8, 4) is 6.07 Å². The highest BCUT2D eigenvalue weighted by Gasteiger charge is 2.28. The Morgan fingerprint density at radius 1 is 1.31 bits per heavy atom. The number of nitriles is 1. The summed E-state index contributed by atoms with van der Waals surface area (Å²) in [5.74, 6) is 0. The van der Waals surface area contributed by atoms with E-state index in [2.05, 4.69) is 44.9 Å². The third-order valence-electron chi connectivity index (χ3n) is 3.35. The van der Waals surface area contributed by atoms with E-state index in [-0.39, 0.29) is 5.54 Å². The van der Waals surface area contributed by atoms with Gasteiger partial charge in [-0.05, 0) is 44.5 Å². The minimum Gasteiger partial charge on any atom is -0.366 e. The van der Waals surface area contributed by atoms with Gasteiger partial charge in [-0.1, -0.05) is 6.08 Å². The predicted molar refractivity (Wildman–Crippen MR) is 67.3 cm³/mol. The van der Waals surface area contributed by atoms with Crippen molar-refractivity contribution >= 4 is 11.3 Å². The van der Waals surface area contributed by atoms with Crippen LogP contribution < -0.4 is 4.90 Å². The molecule has 0 fully saturated rings. The third-order valence-corrected chi connectivity index (χ3v) is 3.35.